The molecule has 0 atom stereocenters. The van der Waals surface area contributed by atoms with Gasteiger partial charge >= 0.3 is 0 Å². The summed E-state index contributed by atoms with van der Waals surface area (Å²) in [6, 6.07) is 3.17. The second-order valence-electron chi connectivity index (χ2n) is 3.36. The molecule has 0 fully saturated rings. The lowest BCUT2D eigenvalue weighted by atomic mass is 10.2. The Balaban J connectivity index is 2.19. The van der Waals surface area contributed by atoms with Gasteiger partial charge in [0.25, 0.3) is 0 Å². The average Bonchev–Trinajstić information content (AvgIpc) is 2.79. The number of aromatic nitrogens is 1. The van der Waals surface area contributed by atoms with Crippen molar-refractivity contribution in [1.82, 2.24) is 5.16 Å². The van der Waals surface area contributed by atoms with Gasteiger partial charge in [-0.2, -0.15) is 0 Å². The summed E-state index contributed by atoms with van der Waals surface area (Å²) in [5, 5.41) is 13.6. The second kappa shape index (κ2) is 5.40. The summed E-state index contributed by atoms with van der Waals surface area (Å²) < 4.78 is 10.2. The van der Waals surface area contributed by atoms with Gasteiger partial charge in [0.15, 0.2) is 0 Å². The SMILES string of the molecule is OCc1cc(Cl)cc(Cl)c1OCc1cnoc1. The highest BCUT2D eigenvalue weighted by Gasteiger charge is 2.10. The van der Waals surface area contributed by atoms with Crippen molar-refractivity contribution in [2.24, 2.45) is 0 Å². The van der Waals surface area contributed by atoms with Crippen molar-refractivity contribution in [3.63, 3.8) is 0 Å². The number of aliphatic hydroxyl groups is 1. The zero-order chi connectivity index (χ0) is 12.3. The van der Waals surface area contributed by atoms with Crippen molar-refractivity contribution in [2.75, 3.05) is 0 Å². The Labute approximate surface area is 108 Å². The highest BCUT2D eigenvalue weighted by Crippen LogP contribution is 2.33. The van der Waals surface area contributed by atoms with Crippen molar-refractivity contribution in [2.45, 2.75) is 13.2 Å². The molecular weight excluding hydrogens is 265 g/mol. The van der Waals surface area contributed by atoms with Gasteiger partial charge < -0.3 is 14.4 Å². The number of hydrogen-bond donors (Lipinski definition) is 1. The van der Waals surface area contributed by atoms with Crippen LogP contribution in [-0.4, -0.2) is 10.3 Å². The van der Waals surface area contributed by atoms with E-state index in [4.69, 9.17) is 27.9 Å². The van der Waals surface area contributed by atoms with Gasteiger partial charge in [0.2, 0.25) is 0 Å². The number of halogens is 2. The first-order chi connectivity index (χ1) is 8.20. The first kappa shape index (κ1) is 12.2. The molecule has 0 aliphatic rings. The van der Waals surface area contributed by atoms with Crippen LogP contribution in [0.5, 0.6) is 5.75 Å². The van der Waals surface area contributed by atoms with E-state index < -0.39 is 0 Å². The molecule has 0 bridgehead atoms. The van der Waals surface area contributed by atoms with Gasteiger partial charge in [0.1, 0.15) is 18.6 Å². The van der Waals surface area contributed by atoms with E-state index in [2.05, 4.69) is 9.68 Å². The number of nitrogens with zero attached hydrogens (tertiary/aromatic N) is 1. The Morgan fingerprint density at radius 2 is 2.18 bits per heavy atom. The van der Waals surface area contributed by atoms with Crippen molar-refractivity contribution in [1.29, 1.82) is 0 Å². The number of aliphatic hydroxyl groups excluding tert-OH is 1. The predicted molar refractivity (Wildman–Crippen MR) is 63.2 cm³/mol. The lowest BCUT2D eigenvalue weighted by molar-refractivity contribution is 0.258. The van der Waals surface area contributed by atoms with Crippen molar-refractivity contribution >= 4 is 23.2 Å². The van der Waals surface area contributed by atoms with E-state index >= 15 is 0 Å². The van der Waals surface area contributed by atoms with E-state index in [9.17, 15) is 5.11 Å². The molecule has 1 heterocycles. The van der Waals surface area contributed by atoms with Gasteiger partial charge in [0, 0.05) is 16.1 Å². The Kier molecular flexibility index (Phi) is 3.89. The van der Waals surface area contributed by atoms with E-state index in [1.54, 1.807) is 18.3 Å². The van der Waals surface area contributed by atoms with Gasteiger partial charge in [-0.1, -0.05) is 28.4 Å². The van der Waals surface area contributed by atoms with Gasteiger partial charge in [-0.25, -0.2) is 0 Å². The van der Waals surface area contributed by atoms with Crippen LogP contribution in [0.2, 0.25) is 10.0 Å². The maximum absolute atomic E-state index is 9.20. The molecule has 0 saturated heterocycles. The summed E-state index contributed by atoms with van der Waals surface area (Å²) >= 11 is 11.8. The molecule has 1 aromatic heterocycles. The van der Waals surface area contributed by atoms with Crippen LogP contribution in [0.3, 0.4) is 0 Å². The Hall–Kier alpha value is -1.23. The molecule has 1 aromatic carbocycles. The number of benzene rings is 1. The van der Waals surface area contributed by atoms with E-state index in [1.165, 1.54) is 6.26 Å². The molecule has 0 radical (unpaired) electrons. The minimum absolute atomic E-state index is 0.195. The molecule has 0 unspecified atom stereocenters. The molecule has 0 spiro atoms. The maximum Gasteiger partial charge on any atom is 0.144 e. The lowest BCUT2D eigenvalue weighted by Crippen LogP contribution is -1.99. The van der Waals surface area contributed by atoms with Crippen LogP contribution in [0.1, 0.15) is 11.1 Å². The quantitative estimate of drug-likeness (QED) is 0.930. The standard InChI is InChI=1S/C11H9Cl2NO3/c12-9-1-8(4-15)11(10(13)2-9)16-5-7-3-14-17-6-7/h1-3,6,15H,4-5H2. The molecule has 0 aliphatic carbocycles. The summed E-state index contributed by atoms with van der Waals surface area (Å²) in [5.41, 5.74) is 1.32. The van der Waals surface area contributed by atoms with Gasteiger partial charge in [-0.05, 0) is 12.1 Å². The molecule has 0 saturated carbocycles. The normalized spacial score (nSPS) is 10.5. The largest absolute Gasteiger partial charge is 0.487 e. The zero-order valence-corrected chi connectivity index (χ0v) is 10.2. The fourth-order valence-electron chi connectivity index (χ4n) is 1.35. The molecule has 1 N–H and O–H groups in total. The average molecular weight is 274 g/mol. The fourth-order valence-corrected chi connectivity index (χ4v) is 1.94. The topological polar surface area (TPSA) is 55.5 Å². The van der Waals surface area contributed by atoms with Crippen LogP contribution in [-0.2, 0) is 13.2 Å². The lowest BCUT2D eigenvalue weighted by Gasteiger charge is -2.11. The Morgan fingerprint density at radius 1 is 1.35 bits per heavy atom. The highest BCUT2D eigenvalue weighted by molar-refractivity contribution is 6.35. The van der Waals surface area contributed by atoms with Crippen LogP contribution in [0, 0.1) is 0 Å². The summed E-state index contributed by atoms with van der Waals surface area (Å²) in [5.74, 6) is 0.416. The van der Waals surface area contributed by atoms with Crippen molar-refractivity contribution in [3.05, 3.63) is 45.8 Å². The van der Waals surface area contributed by atoms with Gasteiger partial charge in [0.05, 0.1) is 17.8 Å². The van der Waals surface area contributed by atoms with Crippen LogP contribution >= 0.6 is 23.2 Å². The summed E-state index contributed by atoms with van der Waals surface area (Å²) in [4.78, 5) is 0. The molecule has 0 aliphatic heterocycles. The molecule has 17 heavy (non-hydrogen) atoms. The van der Waals surface area contributed by atoms with Crippen LogP contribution in [0.4, 0.5) is 0 Å². The smallest absolute Gasteiger partial charge is 0.144 e. The van der Waals surface area contributed by atoms with E-state index in [1.807, 2.05) is 0 Å². The fraction of sp³-hybridized carbons (Fsp3) is 0.182. The van der Waals surface area contributed by atoms with Crippen molar-refractivity contribution in [3.8, 4) is 5.75 Å². The Morgan fingerprint density at radius 3 is 2.82 bits per heavy atom. The first-order valence-corrected chi connectivity index (χ1v) is 5.56. The number of ether oxygens (including phenoxy) is 1. The summed E-state index contributed by atoms with van der Waals surface area (Å²) in [6.45, 7) is 0.0666. The second-order valence-corrected chi connectivity index (χ2v) is 4.20. The van der Waals surface area contributed by atoms with Crippen molar-refractivity contribution < 1.29 is 14.4 Å². The molecule has 4 nitrogen and oxygen atoms in total. The van der Waals surface area contributed by atoms with Crippen LogP contribution < -0.4 is 4.74 Å². The molecule has 6 heteroatoms. The highest BCUT2D eigenvalue weighted by atomic mass is 35.5. The summed E-state index contributed by atoms with van der Waals surface area (Å²) in [7, 11) is 0. The van der Waals surface area contributed by atoms with Crippen LogP contribution in [0.25, 0.3) is 0 Å². The molecule has 2 rings (SSSR count). The molecule has 90 valence electrons. The summed E-state index contributed by atoms with van der Waals surface area (Å²) in [6.07, 6.45) is 3.02. The third-order valence-corrected chi connectivity index (χ3v) is 2.62. The van der Waals surface area contributed by atoms with Crippen LogP contribution in [0.15, 0.2) is 29.1 Å². The maximum atomic E-state index is 9.20. The minimum Gasteiger partial charge on any atom is -0.487 e. The first-order valence-electron chi connectivity index (χ1n) is 4.80. The third kappa shape index (κ3) is 2.91. The van der Waals surface area contributed by atoms with E-state index in [-0.39, 0.29) is 13.2 Å². The number of hydrogen-bond acceptors (Lipinski definition) is 4. The molecule has 2 aromatic rings. The molecular formula is C11H9Cl2NO3. The predicted octanol–water partition coefficient (Wildman–Crippen LogP) is 3.05. The minimum atomic E-state index is -0.195. The van der Waals surface area contributed by atoms with E-state index in [0.29, 0.717) is 21.4 Å². The molecule has 0 amide bonds. The number of rotatable bonds is 4. The third-order valence-electron chi connectivity index (χ3n) is 2.12. The van der Waals surface area contributed by atoms with Gasteiger partial charge in [-0.3, -0.25) is 0 Å². The zero-order valence-electron chi connectivity index (χ0n) is 8.69. The monoisotopic (exact) mass is 273 g/mol. The van der Waals surface area contributed by atoms with Gasteiger partial charge in [-0.15, -0.1) is 0 Å². The van der Waals surface area contributed by atoms with E-state index in [0.717, 1.165) is 5.56 Å². The Bertz CT molecular complexity index is 500.